The summed E-state index contributed by atoms with van der Waals surface area (Å²) in [6, 6.07) is 18.4. The van der Waals surface area contributed by atoms with Gasteiger partial charge < -0.3 is 14.6 Å². The number of carbonyl (C=O) groups is 1. The van der Waals surface area contributed by atoms with E-state index in [1.54, 1.807) is 29.4 Å². The lowest BCUT2D eigenvalue weighted by Crippen LogP contribution is -2.32. The molecule has 4 rings (SSSR count). The molecule has 31 heavy (non-hydrogen) atoms. The second kappa shape index (κ2) is 8.83. The van der Waals surface area contributed by atoms with E-state index in [2.05, 4.69) is 9.97 Å². The summed E-state index contributed by atoms with van der Waals surface area (Å²) >= 11 is 0. The van der Waals surface area contributed by atoms with E-state index in [-0.39, 0.29) is 18.0 Å². The van der Waals surface area contributed by atoms with Gasteiger partial charge in [0.25, 0.3) is 11.5 Å². The lowest BCUT2D eigenvalue weighted by Gasteiger charge is -2.23. The Labute approximate surface area is 180 Å². The first-order valence-corrected chi connectivity index (χ1v) is 10.1. The van der Waals surface area contributed by atoms with Crippen LogP contribution in [0.1, 0.15) is 28.4 Å². The molecule has 0 unspecified atom stereocenters. The summed E-state index contributed by atoms with van der Waals surface area (Å²) < 4.78 is 5.51. The second-order valence-electron chi connectivity index (χ2n) is 7.27. The van der Waals surface area contributed by atoms with Crippen molar-refractivity contribution < 1.29 is 9.53 Å². The minimum atomic E-state index is -0.213. The number of anilines is 1. The zero-order valence-corrected chi connectivity index (χ0v) is 17.5. The van der Waals surface area contributed by atoms with Crippen molar-refractivity contribution in [2.75, 3.05) is 11.5 Å². The predicted molar refractivity (Wildman–Crippen MR) is 122 cm³/mol. The van der Waals surface area contributed by atoms with E-state index in [0.29, 0.717) is 23.4 Å². The summed E-state index contributed by atoms with van der Waals surface area (Å²) in [5.74, 6) is 0.511. The Morgan fingerprint density at radius 3 is 2.48 bits per heavy atom. The Balaban J connectivity index is 1.74. The third-order valence-corrected chi connectivity index (χ3v) is 5.04. The van der Waals surface area contributed by atoms with Crippen LogP contribution in [-0.2, 0) is 6.54 Å². The van der Waals surface area contributed by atoms with Gasteiger partial charge in [-0.15, -0.1) is 0 Å². The summed E-state index contributed by atoms with van der Waals surface area (Å²) in [7, 11) is 0. The van der Waals surface area contributed by atoms with Crippen LogP contribution in [0.2, 0.25) is 0 Å². The van der Waals surface area contributed by atoms with Crippen LogP contribution in [0.25, 0.3) is 10.9 Å². The van der Waals surface area contributed by atoms with E-state index >= 15 is 0 Å². The van der Waals surface area contributed by atoms with Crippen molar-refractivity contribution in [2.24, 2.45) is 0 Å². The quantitative estimate of drug-likeness (QED) is 0.506. The molecular formula is C25H23N3O3. The van der Waals surface area contributed by atoms with Crippen molar-refractivity contribution in [3.63, 3.8) is 0 Å². The maximum absolute atomic E-state index is 13.3. The lowest BCUT2D eigenvalue weighted by atomic mass is 10.1. The highest BCUT2D eigenvalue weighted by molar-refractivity contribution is 6.06. The summed E-state index contributed by atoms with van der Waals surface area (Å²) in [4.78, 5) is 34.6. The van der Waals surface area contributed by atoms with E-state index in [1.807, 2.05) is 62.4 Å². The first-order valence-electron chi connectivity index (χ1n) is 10.1. The van der Waals surface area contributed by atoms with Crippen molar-refractivity contribution in [1.82, 2.24) is 9.97 Å². The highest BCUT2D eigenvalue weighted by atomic mass is 16.5. The molecule has 6 nitrogen and oxygen atoms in total. The number of H-pyrrole nitrogens is 1. The maximum Gasteiger partial charge on any atom is 0.258 e. The van der Waals surface area contributed by atoms with Gasteiger partial charge in [-0.05, 0) is 73.3 Å². The van der Waals surface area contributed by atoms with Crippen LogP contribution in [0.4, 0.5) is 5.69 Å². The number of hydrogen-bond donors (Lipinski definition) is 1. The Hall–Kier alpha value is -3.93. The van der Waals surface area contributed by atoms with Crippen molar-refractivity contribution in [3.05, 3.63) is 100 Å². The minimum Gasteiger partial charge on any atom is -0.494 e. The number of aromatic amines is 1. The summed E-state index contributed by atoms with van der Waals surface area (Å²) in [6.07, 6.45) is 3.16. The predicted octanol–water partition coefficient (Wildman–Crippen LogP) is 4.48. The Morgan fingerprint density at radius 1 is 1.03 bits per heavy atom. The Morgan fingerprint density at radius 2 is 1.77 bits per heavy atom. The van der Waals surface area contributed by atoms with Crippen LogP contribution in [0, 0.1) is 6.92 Å². The molecule has 2 heterocycles. The SMILES string of the molecule is CCOc1ccc(N(Cc2cc3ccc(C)cc3[nH]c2=O)C(=O)c2ccncc2)cc1. The van der Waals surface area contributed by atoms with Crippen molar-refractivity contribution in [2.45, 2.75) is 20.4 Å². The van der Waals surface area contributed by atoms with Gasteiger partial charge in [-0.25, -0.2) is 0 Å². The third-order valence-electron chi connectivity index (χ3n) is 5.04. The minimum absolute atomic E-state index is 0.133. The number of nitrogens with zero attached hydrogens (tertiary/aromatic N) is 2. The number of aromatic nitrogens is 2. The molecule has 0 atom stereocenters. The first-order chi connectivity index (χ1) is 15.0. The number of aryl methyl sites for hydroxylation is 1. The number of rotatable bonds is 6. The Kier molecular flexibility index (Phi) is 5.80. The molecule has 0 aliphatic rings. The molecule has 156 valence electrons. The van der Waals surface area contributed by atoms with Gasteiger partial charge in [0, 0.05) is 34.7 Å². The number of benzene rings is 2. The summed E-state index contributed by atoms with van der Waals surface area (Å²) in [6.45, 7) is 4.59. The molecule has 0 radical (unpaired) electrons. The third kappa shape index (κ3) is 4.48. The van der Waals surface area contributed by atoms with Crippen molar-refractivity contribution in [1.29, 1.82) is 0 Å². The molecule has 6 heteroatoms. The summed E-state index contributed by atoms with van der Waals surface area (Å²) in [5, 5.41) is 0.920. The zero-order chi connectivity index (χ0) is 21.8. The molecule has 0 saturated carbocycles. The van der Waals surface area contributed by atoms with Gasteiger partial charge in [0.2, 0.25) is 0 Å². The van der Waals surface area contributed by atoms with Crippen LogP contribution >= 0.6 is 0 Å². The largest absolute Gasteiger partial charge is 0.494 e. The van der Waals surface area contributed by atoms with Crippen LogP contribution in [0.5, 0.6) is 5.75 Å². The molecule has 0 aliphatic heterocycles. The van der Waals surface area contributed by atoms with Crippen molar-refractivity contribution >= 4 is 22.5 Å². The average molecular weight is 413 g/mol. The molecule has 2 aromatic heterocycles. The lowest BCUT2D eigenvalue weighted by molar-refractivity contribution is 0.0985. The molecule has 0 fully saturated rings. The number of hydrogen-bond acceptors (Lipinski definition) is 4. The topological polar surface area (TPSA) is 75.3 Å². The van der Waals surface area contributed by atoms with Gasteiger partial charge in [0.1, 0.15) is 5.75 Å². The van der Waals surface area contributed by atoms with Crippen LogP contribution in [-0.4, -0.2) is 22.5 Å². The monoisotopic (exact) mass is 413 g/mol. The van der Waals surface area contributed by atoms with Gasteiger partial charge >= 0.3 is 0 Å². The number of carbonyl (C=O) groups excluding carboxylic acids is 1. The van der Waals surface area contributed by atoms with E-state index in [0.717, 1.165) is 22.2 Å². The molecular weight excluding hydrogens is 390 g/mol. The highest BCUT2D eigenvalue weighted by Gasteiger charge is 2.20. The first kappa shape index (κ1) is 20.3. The molecule has 4 aromatic rings. The molecule has 0 bridgehead atoms. The molecule has 1 amide bonds. The van der Waals surface area contributed by atoms with Gasteiger partial charge in [-0.3, -0.25) is 14.6 Å². The number of amides is 1. The van der Waals surface area contributed by atoms with Gasteiger partial charge in [-0.1, -0.05) is 12.1 Å². The molecule has 1 N–H and O–H groups in total. The van der Waals surface area contributed by atoms with E-state index in [9.17, 15) is 9.59 Å². The summed E-state index contributed by atoms with van der Waals surface area (Å²) in [5.41, 5.74) is 3.32. The fraction of sp³-hybridized carbons (Fsp3) is 0.160. The smallest absolute Gasteiger partial charge is 0.258 e. The van der Waals surface area contributed by atoms with E-state index < -0.39 is 0 Å². The van der Waals surface area contributed by atoms with Crippen molar-refractivity contribution in [3.8, 4) is 5.75 Å². The van der Waals surface area contributed by atoms with Crippen LogP contribution < -0.4 is 15.2 Å². The van der Waals surface area contributed by atoms with E-state index in [4.69, 9.17) is 4.74 Å². The molecule has 0 spiro atoms. The standard InChI is InChI=1S/C25H23N3O3/c1-3-31-22-8-6-21(7-9-22)28(25(30)18-10-12-26-13-11-18)16-20-15-19-5-4-17(2)14-23(19)27-24(20)29/h4-15H,3,16H2,1-2H3,(H,27,29). The normalized spacial score (nSPS) is 10.8. The van der Waals surface area contributed by atoms with Crippen LogP contribution in [0.15, 0.2) is 77.9 Å². The number of ether oxygens (including phenoxy) is 1. The molecule has 0 aliphatic carbocycles. The molecule has 0 saturated heterocycles. The molecule has 2 aromatic carbocycles. The Bertz CT molecular complexity index is 1260. The van der Waals surface area contributed by atoms with Gasteiger partial charge in [0.15, 0.2) is 0 Å². The van der Waals surface area contributed by atoms with Crippen LogP contribution in [0.3, 0.4) is 0 Å². The number of fused-ring (bicyclic) bond motifs is 1. The number of pyridine rings is 2. The fourth-order valence-corrected chi connectivity index (χ4v) is 3.47. The van der Waals surface area contributed by atoms with Gasteiger partial charge in [0.05, 0.1) is 13.2 Å². The highest BCUT2D eigenvalue weighted by Crippen LogP contribution is 2.24. The average Bonchev–Trinajstić information content (AvgIpc) is 2.79. The maximum atomic E-state index is 13.3. The second-order valence-corrected chi connectivity index (χ2v) is 7.27. The van der Waals surface area contributed by atoms with Gasteiger partial charge in [-0.2, -0.15) is 0 Å². The zero-order valence-electron chi connectivity index (χ0n) is 17.5. The van der Waals surface area contributed by atoms with E-state index in [1.165, 1.54) is 0 Å². The fourth-order valence-electron chi connectivity index (χ4n) is 3.47. The number of nitrogens with one attached hydrogen (secondary N) is 1.